The van der Waals surface area contributed by atoms with Crippen LogP contribution in [0.25, 0.3) is 0 Å². The normalized spacial score (nSPS) is 35.2. The van der Waals surface area contributed by atoms with Crippen LogP contribution in [-0.2, 0) is 6.54 Å². The zero-order chi connectivity index (χ0) is 11.0. The summed E-state index contributed by atoms with van der Waals surface area (Å²) in [6.07, 6.45) is 4.49. The van der Waals surface area contributed by atoms with Crippen LogP contribution in [0.3, 0.4) is 0 Å². The summed E-state index contributed by atoms with van der Waals surface area (Å²) in [7, 11) is 0. The van der Waals surface area contributed by atoms with Gasteiger partial charge in [0.2, 0.25) is 0 Å². The third kappa shape index (κ3) is 1.99. The first-order valence-electron chi connectivity index (χ1n) is 6.01. The average molecular weight is 239 g/mol. The maximum atomic E-state index is 10.0. The van der Waals surface area contributed by atoms with Crippen LogP contribution < -0.4 is 0 Å². The summed E-state index contributed by atoms with van der Waals surface area (Å²) in [5.41, 5.74) is 1.04. The SMILES string of the molecule is OC1CCC2CCN(Cc3csnn3)C1C2. The molecule has 1 aromatic rings. The number of likely N-dealkylation sites (tertiary alicyclic amines) is 1. The molecule has 1 aromatic heterocycles. The molecule has 1 N–H and O–H groups in total. The van der Waals surface area contributed by atoms with Gasteiger partial charge in [0.15, 0.2) is 0 Å². The van der Waals surface area contributed by atoms with E-state index < -0.39 is 0 Å². The lowest BCUT2D eigenvalue weighted by atomic mass is 9.78. The van der Waals surface area contributed by atoms with Gasteiger partial charge in [-0.15, -0.1) is 5.10 Å². The van der Waals surface area contributed by atoms with Gasteiger partial charge in [-0.25, -0.2) is 0 Å². The summed E-state index contributed by atoms with van der Waals surface area (Å²) in [5.74, 6) is 0.846. The minimum Gasteiger partial charge on any atom is -0.391 e. The number of nitrogens with zero attached hydrogens (tertiary/aromatic N) is 3. The van der Waals surface area contributed by atoms with Crippen molar-refractivity contribution in [1.82, 2.24) is 14.5 Å². The standard InChI is InChI=1S/C11H17N3OS/c15-11-2-1-8-3-4-14(10(11)5-8)6-9-7-16-13-12-9/h7-8,10-11,15H,1-6H2. The third-order valence-electron chi connectivity index (χ3n) is 3.95. The van der Waals surface area contributed by atoms with Crippen LogP contribution in [0, 0.1) is 5.92 Å². The van der Waals surface area contributed by atoms with E-state index in [1.807, 2.05) is 5.38 Å². The van der Waals surface area contributed by atoms with E-state index in [2.05, 4.69) is 14.5 Å². The zero-order valence-corrected chi connectivity index (χ0v) is 10.1. The molecule has 2 bridgehead atoms. The minimum atomic E-state index is -0.136. The summed E-state index contributed by atoms with van der Waals surface area (Å²) < 4.78 is 3.89. The third-order valence-corrected chi connectivity index (χ3v) is 4.51. The molecule has 1 saturated heterocycles. The molecule has 1 aliphatic heterocycles. The van der Waals surface area contributed by atoms with E-state index in [0.29, 0.717) is 6.04 Å². The van der Waals surface area contributed by atoms with Crippen molar-refractivity contribution in [3.63, 3.8) is 0 Å². The second kappa shape index (κ2) is 4.39. The molecule has 1 aliphatic carbocycles. The van der Waals surface area contributed by atoms with Crippen LogP contribution in [0.5, 0.6) is 0 Å². The smallest absolute Gasteiger partial charge is 0.0895 e. The number of hydrogen-bond donors (Lipinski definition) is 1. The summed E-state index contributed by atoms with van der Waals surface area (Å²) in [5, 5.41) is 16.1. The van der Waals surface area contributed by atoms with Gasteiger partial charge in [-0.2, -0.15) is 0 Å². The molecular formula is C11H17N3OS. The molecule has 3 unspecified atom stereocenters. The Morgan fingerprint density at radius 3 is 3.19 bits per heavy atom. The molecule has 4 nitrogen and oxygen atoms in total. The van der Waals surface area contributed by atoms with Crippen molar-refractivity contribution in [1.29, 1.82) is 0 Å². The zero-order valence-electron chi connectivity index (χ0n) is 9.25. The molecule has 0 aromatic carbocycles. The van der Waals surface area contributed by atoms with Crippen LogP contribution in [0.1, 0.15) is 31.4 Å². The summed E-state index contributed by atoms with van der Waals surface area (Å²) in [4.78, 5) is 2.39. The van der Waals surface area contributed by atoms with E-state index >= 15 is 0 Å². The van der Waals surface area contributed by atoms with E-state index in [4.69, 9.17) is 0 Å². The Hall–Kier alpha value is -0.520. The second-order valence-electron chi connectivity index (χ2n) is 4.97. The molecule has 3 rings (SSSR count). The Labute approximate surface area is 99.4 Å². The lowest BCUT2D eigenvalue weighted by Crippen LogP contribution is -2.51. The number of aromatic nitrogens is 2. The largest absolute Gasteiger partial charge is 0.391 e. The highest BCUT2D eigenvalue weighted by Gasteiger charge is 2.37. The number of aliphatic hydroxyl groups excluding tert-OH is 1. The molecule has 5 heteroatoms. The van der Waals surface area contributed by atoms with Crippen molar-refractivity contribution in [2.45, 2.75) is 44.4 Å². The van der Waals surface area contributed by atoms with Crippen molar-refractivity contribution in [3.05, 3.63) is 11.1 Å². The Morgan fingerprint density at radius 2 is 2.38 bits per heavy atom. The molecule has 2 fully saturated rings. The highest BCUT2D eigenvalue weighted by Crippen LogP contribution is 2.35. The van der Waals surface area contributed by atoms with Crippen molar-refractivity contribution >= 4 is 11.5 Å². The van der Waals surface area contributed by atoms with Crippen LogP contribution in [0.4, 0.5) is 0 Å². The highest BCUT2D eigenvalue weighted by atomic mass is 32.1. The topological polar surface area (TPSA) is 49.2 Å². The summed E-state index contributed by atoms with van der Waals surface area (Å²) >= 11 is 1.40. The fourth-order valence-electron chi connectivity index (χ4n) is 3.04. The number of aliphatic hydroxyl groups is 1. The number of rotatable bonds is 2. The van der Waals surface area contributed by atoms with E-state index in [-0.39, 0.29) is 6.10 Å². The van der Waals surface area contributed by atoms with Crippen LogP contribution in [0.2, 0.25) is 0 Å². The van der Waals surface area contributed by atoms with Crippen molar-refractivity contribution in [2.24, 2.45) is 5.92 Å². The summed E-state index contributed by atoms with van der Waals surface area (Å²) in [6, 6.07) is 0.356. The van der Waals surface area contributed by atoms with E-state index in [9.17, 15) is 5.11 Å². The summed E-state index contributed by atoms with van der Waals surface area (Å²) in [6.45, 7) is 1.95. The monoisotopic (exact) mass is 239 g/mol. The second-order valence-corrected chi connectivity index (χ2v) is 5.58. The molecule has 88 valence electrons. The van der Waals surface area contributed by atoms with Crippen molar-refractivity contribution < 1.29 is 5.11 Å². The van der Waals surface area contributed by atoms with Gasteiger partial charge in [0, 0.05) is 18.0 Å². The highest BCUT2D eigenvalue weighted by molar-refractivity contribution is 7.03. The molecule has 0 radical (unpaired) electrons. The Kier molecular flexibility index (Phi) is 2.91. The Balaban J connectivity index is 1.70. The van der Waals surface area contributed by atoms with Gasteiger partial charge in [0.25, 0.3) is 0 Å². The van der Waals surface area contributed by atoms with E-state index in [1.165, 1.54) is 30.8 Å². The van der Waals surface area contributed by atoms with E-state index in [0.717, 1.165) is 31.1 Å². The maximum absolute atomic E-state index is 10.0. The fourth-order valence-corrected chi connectivity index (χ4v) is 3.48. The minimum absolute atomic E-state index is 0.136. The van der Waals surface area contributed by atoms with Gasteiger partial charge < -0.3 is 5.11 Å². The predicted molar refractivity (Wildman–Crippen MR) is 62.1 cm³/mol. The number of fused-ring (bicyclic) bond motifs is 2. The average Bonchev–Trinajstić information content (AvgIpc) is 2.79. The lowest BCUT2D eigenvalue weighted by molar-refractivity contribution is -0.0316. The van der Waals surface area contributed by atoms with Gasteiger partial charge in [-0.1, -0.05) is 4.49 Å². The quantitative estimate of drug-likeness (QED) is 0.844. The molecule has 3 atom stereocenters. The van der Waals surface area contributed by atoms with Gasteiger partial charge in [-0.3, -0.25) is 4.90 Å². The molecule has 2 aliphatic rings. The first-order valence-corrected chi connectivity index (χ1v) is 6.84. The molecular weight excluding hydrogens is 222 g/mol. The van der Waals surface area contributed by atoms with Crippen molar-refractivity contribution in [2.75, 3.05) is 6.54 Å². The maximum Gasteiger partial charge on any atom is 0.0895 e. The van der Waals surface area contributed by atoms with Gasteiger partial charge >= 0.3 is 0 Å². The van der Waals surface area contributed by atoms with Crippen LogP contribution in [0.15, 0.2) is 5.38 Å². The Morgan fingerprint density at radius 1 is 1.44 bits per heavy atom. The number of piperidine rings is 1. The van der Waals surface area contributed by atoms with Gasteiger partial charge in [0.05, 0.1) is 11.8 Å². The first-order chi connectivity index (χ1) is 7.83. The van der Waals surface area contributed by atoms with Crippen LogP contribution in [-0.4, -0.2) is 38.3 Å². The molecule has 0 amide bonds. The van der Waals surface area contributed by atoms with Crippen molar-refractivity contribution in [3.8, 4) is 0 Å². The fraction of sp³-hybridized carbons (Fsp3) is 0.818. The number of hydrogen-bond acceptors (Lipinski definition) is 5. The van der Waals surface area contributed by atoms with E-state index in [1.54, 1.807) is 0 Å². The van der Waals surface area contributed by atoms with Gasteiger partial charge in [-0.05, 0) is 49.7 Å². The van der Waals surface area contributed by atoms with Crippen LogP contribution >= 0.6 is 11.5 Å². The lowest BCUT2D eigenvalue weighted by Gasteiger charge is -2.45. The first kappa shape index (κ1) is 10.6. The predicted octanol–water partition coefficient (Wildman–Crippen LogP) is 1.27. The molecule has 2 heterocycles. The van der Waals surface area contributed by atoms with Gasteiger partial charge in [0.1, 0.15) is 0 Å². The Bertz CT molecular complexity index is 343. The molecule has 0 spiro atoms. The molecule has 1 saturated carbocycles. The molecule has 16 heavy (non-hydrogen) atoms.